The third-order valence-corrected chi connectivity index (χ3v) is 4.97. The molecule has 0 aliphatic heterocycles. The summed E-state index contributed by atoms with van der Waals surface area (Å²) in [4.78, 5) is 0. The van der Waals surface area contributed by atoms with Gasteiger partial charge in [0.15, 0.2) is 5.25 Å². The molecule has 6 heteroatoms. The van der Waals surface area contributed by atoms with E-state index in [-0.39, 0.29) is 6.42 Å². The van der Waals surface area contributed by atoms with Crippen molar-refractivity contribution >= 4 is 21.4 Å². The second-order valence-corrected chi connectivity index (χ2v) is 6.24. The minimum Gasteiger partial charge on any atom is -0.397 e. The van der Waals surface area contributed by atoms with E-state index in [1.807, 2.05) is 13.0 Å². The minimum absolute atomic E-state index is 0.256. The van der Waals surface area contributed by atoms with Crippen molar-refractivity contribution in [2.24, 2.45) is 0 Å². The number of hydrogen-bond acceptors (Lipinski definition) is 4. The summed E-state index contributed by atoms with van der Waals surface area (Å²) in [6, 6.07) is 8.64. The number of sulfonamides is 1. The third-order valence-electron chi connectivity index (χ3n) is 2.81. The molecule has 0 bridgehead atoms. The number of hydrogen-bond donors (Lipinski definition) is 1. The van der Waals surface area contributed by atoms with Crippen LogP contribution in [0.3, 0.4) is 0 Å². The maximum atomic E-state index is 12.5. The Hall–Kier alpha value is -1.74. The largest absolute Gasteiger partial charge is 0.397 e. The molecule has 0 heterocycles. The molecule has 1 aromatic rings. The van der Waals surface area contributed by atoms with Gasteiger partial charge in [-0.05, 0) is 25.0 Å². The number of anilines is 2. The van der Waals surface area contributed by atoms with E-state index in [2.05, 4.69) is 0 Å². The summed E-state index contributed by atoms with van der Waals surface area (Å²) in [6.45, 7) is 3.88. The Morgan fingerprint density at radius 2 is 2.00 bits per heavy atom. The van der Waals surface area contributed by atoms with Crippen LogP contribution in [0.15, 0.2) is 24.3 Å². The van der Waals surface area contributed by atoms with Crippen molar-refractivity contribution in [1.82, 2.24) is 0 Å². The fraction of sp³-hybridized carbons (Fsp3) is 0.462. The molecule has 0 saturated heterocycles. The Kier molecular flexibility index (Phi) is 5.19. The highest BCUT2D eigenvalue weighted by Crippen LogP contribution is 2.27. The van der Waals surface area contributed by atoms with E-state index in [9.17, 15) is 8.42 Å². The van der Waals surface area contributed by atoms with Gasteiger partial charge in [-0.3, -0.25) is 4.31 Å². The van der Waals surface area contributed by atoms with Crippen LogP contribution in [-0.2, 0) is 10.0 Å². The molecule has 5 nitrogen and oxygen atoms in total. The van der Waals surface area contributed by atoms with Gasteiger partial charge in [-0.25, -0.2) is 8.42 Å². The van der Waals surface area contributed by atoms with Crippen molar-refractivity contribution in [3.8, 4) is 6.07 Å². The smallest absolute Gasteiger partial charge is 0.251 e. The monoisotopic (exact) mass is 281 g/mol. The van der Waals surface area contributed by atoms with Crippen molar-refractivity contribution in [1.29, 1.82) is 5.26 Å². The van der Waals surface area contributed by atoms with Gasteiger partial charge in [-0.2, -0.15) is 5.26 Å². The van der Waals surface area contributed by atoms with Crippen LogP contribution >= 0.6 is 0 Å². The quantitative estimate of drug-likeness (QED) is 0.809. The van der Waals surface area contributed by atoms with Crippen LogP contribution in [0, 0.1) is 11.3 Å². The first-order valence-electron chi connectivity index (χ1n) is 6.24. The van der Waals surface area contributed by atoms with Gasteiger partial charge in [0.2, 0.25) is 0 Å². The highest BCUT2D eigenvalue weighted by Gasteiger charge is 2.31. The lowest BCUT2D eigenvalue weighted by Crippen LogP contribution is -2.39. The molecule has 2 N–H and O–H groups in total. The van der Waals surface area contributed by atoms with Gasteiger partial charge in [0.25, 0.3) is 10.0 Å². The van der Waals surface area contributed by atoms with Crippen LogP contribution in [-0.4, -0.2) is 20.2 Å². The molecule has 1 atom stereocenters. The standard InChI is InChI=1S/C13H19N3O2S/c1-3-9-16(13-8-6-5-7-12(13)15)19(17,18)11(4-2)10-14/h5-8,11H,3-4,9,15H2,1-2H3. The molecular weight excluding hydrogens is 262 g/mol. The van der Waals surface area contributed by atoms with Crippen molar-refractivity contribution in [3.05, 3.63) is 24.3 Å². The molecule has 0 saturated carbocycles. The molecule has 19 heavy (non-hydrogen) atoms. The minimum atomic E-state index is -3.71. The van der Waals surface area contributed by atoms with Gasteiger partial charge in [0.05, 0.1) is 17.4 Å². The number of benzene rings is 1. The van der Waals surface area contributed by atoms with Gasteiger partial charge in [0.1, 0.15) is 0 Å². The molecule has 1 unspecified atom stereocenters. The van der Waals surface area contributed by atoms with E-state index in [1.54, 1.807) is 31.2 Å². The molecular formula is C13H19N3O2S. The maximum absolute atomic E-state index is 12.5. The van der Waals surface area contributed by atoms with Crippen molar-refractivity contribution in [2.75, 3.05) is 16.6 Å². The first-order valence-corrected chi connectivity index (χ1v) is 7.75. The predicted octanol–water partition coefficient (Wildman–Crippen LogP) is 2.12. The van der Waals surface area contributed by atoms with E-state index < -0.39 is 15.3 Å². The second kappa shape index (κ2) is 6.43. The Morgan fingerprint density at radius 3 is 2.47 bits per heavy atom. The zero-order valence-electron chi connectivity index (χ0n) is 11.2. The van der Waals surface area contributed by atoms with Crippen molar-refractivity contribution in [2.45, 2.75) is 31.9 Å². The zero-order valence-corrected chi connectivity index (χ0v) is 12.0. The Morgan fingerprint density at radius 1 is 1.37 bits per heavy atom. The van der Waals surface area contributed by atoms with Crippen molar-refractivity contribution < 1.29 is 8.42 Å². The van der Waals surface area contributed by atoms with E-state index in [4.69, 9.17) is 11.0 Å². The Bertz CT molecular complexity index is 563. The number of para-hydroxylation sites is 2. The number of nitrogen functional groups attached to an aromatic ring is 1. The molecule has 0 amide bonds. The maximum Gasteiger partial charge on any atom is 0.251 e. The van der Waals surface area contributed by atoms with Crippen LogP contribution < -0.4 is 10.0 Å². The normalized spacial score (nSPS) is 12.7. The summed E-state index contributed by atoms with van der Waals surface area (Å²) in [6.07, 6.45) is 0.904. The van der Waals surface area contributed by atoms with E-state index in [0.717, 1.165) is 0 Å². The van der Waals surface area contributed by atoms with E-state index in [0.29, 0.717) is 24.3 Å². The third kappa shape index (κ3) is 3.18. The van der Waals surface area contributed by atoms with Crippen LogP contribution in [0.2, 0.25) is 0 Å². The lowest BCUT2D eigenvalue weighted by molar-refractivity contribution is 0.581. The lowest BCUT2D eigenvalue weighted by atomic mass is 10.2. The molecule has 0 aromatic heterocycles. The Balaban J connectivity index is 3.30. The van der Waals surface area contributed by atoms with Crippen LogP contribution in [0.4, 0.5) is 11.4 Å². The van der Waals surface area contributed by atoms with Crippen LogP contribution in [0.25, 0.3) is 0 Å². The average Bonchev–Trinajstić information content (AvgIpc) is 2.38. The molecule has 0 spiro atoms. The van der Waals surface area contributed by atoms with E-state index >= 15 is 0 Å². The molecule has 104 valence electrons. The predicted molar refractivity (Wildman–Crippen MR) is 77.1 cm³/mol. The first-order chi connectivity index (χ1) is 8.98. The molecule has 0 aliphatic carbocycles. The van der Waals surface area contributed by atoms with Crippen LogP contribution in [0.1, 0.15) is 26.7 Å². The average molecular weight is 281 g/mol. The summed E-state index contributed by atoms with van der Waals surface area (Å²) >= 11 is 0. The molecule has 0 aliphatic rings. The summed E-state index contributed by atoms with van der Waals surface area (Å²) in [5.74, 6) is 0. The number of nitriles is 1. The summed E-state index contributed by atoms with van der Waals surface area (Å²) in [5.41, 5.74) is 6.68. The van der Waals surface area contributed by atoms with Gasteiger partial charge < -0.3 is 5.73 Å². The van der Waals surface area contributed by atoms with E-state index in [1.165, 1.54) is 4.31 Å². The van der Waals surface area contributed by atoms with Gasteiger partial charge in [-0.1, -0.05) is 26.0 Å². The molecule has 0 fully saturated rings. The fourth-order valence-corrected chi connectivity index (χ4v) is 3.56. The highest BCUT2D eigenvalue weighted by molar-refractivity contribution is 7.93. The lowest BCUT2D eigenvalue weighted by Gasteiger charge is -2.27. The summed E-state index contributed by atoms with van der Waals surface area (Å²) in [5, 5.41) is 7.96. The second-order valence-electron chi connectivity index (χ2n) is 4.20. The first kappa shape index (κ1) is 15.3. The van der Waals surface area contributed by atoms with Gasteiger partial charge >= 0.3 is 0 Å². The summed E-state index contributed by atoms with van der Waals surface area (Å²) in [7, 11) is -3.71. The summed E-state index contributed by atoms with van der Waals surface area (Å²) < 4.78 is 26.2. The number of nitrogens with zero attached hydrogens (tertiary/aromatic N) is 2. The number of rotatable bonds is 6. The zero-order chi connectivity index (χ0) is 14.5. The van der Waals surface area contributed by atoms with Crippen molar-refractivity contribution in [3.63, 3.8) is 0 Å². The Labute approximate surface area is 114 Å². The molecule has 0 radical (unpaired) electrons. The topological polar surface area (TPSA) is 87.2 Å². The van der Waals surface area contributed by atoms with Crippen LogP contribution in [0.5, 0.6) is 0 Å². The van der Waals surface area contributed by atoms with Gasteiger partial charge in [0, 0.05) is 6.54 Å². The molecule has 1 aromatic carbocycles. The fourth-order valence-electron chi connectivity index (χ4n) is 1.82. The number of nitrogens with two attached hydrogens (primary N) is 1. The highest BCUT2D eigenvalue weighted by atomic mass is 32.2. The SMILES string of the molecule is CCCN(c1ccccc1N)S(=O)(=O)C(C#N)CC. The molecule has 1 rings (SSSR count). The van der Waals surface area contributed by atoms with Gasteiger partial charge in [-0.15, -0.1) is 0 Å².